The Hall–Kier alpha value is -8.77. The number of rotatable bonds is 11. The van der Waals surface area contributed by atoms with Crippen molar-refractivity contribution in [3.05, 3.63) is 198 Å². The number of nitrogens with one attached hydrogen (secondary N) is 2. The van der Waals surface area contributed by atoms with Crippen LogP contribution in [0.1, 0.15) is 51.8 Å². The summed E-state index contributed by atoms with van der Waals surface area (Å²) < 4.78 is 21.8. The molecule has 12 nitrogen and oxygen atoms in total. The zero-order valence-corrected chi connectivity index (χ0v) is 32.8. The molecule has 0 radical (unpaired) electrons. The number of hydrogen-bond donors (Lipinski definition) is 3. The lowest BCUT2D eigenvalue weighted by atomic mass is 10.1. The fraction of sp³-hybridized carbons (Fsp3) is 0.0200. The van der Waals surface area contributed by atoms with E-state index in [-0.39, 0.29) is 45.6 Å². The highest BCUT2D eigenvalue weighted by Gasteiger charge is 2.16. The van der Waals surface area contributed by atoms with Gasteiger partial charge >= 0.3 is 17.9 Å². The topological polar surface area (TPSA) is 167 Å². The molecule has 2 amide bonds. The highest BCUT2D eigenvalue weighted by atomic mass is 16.5. The largest absolute Gasteiger partial charge is 0.508 e. The van der Waals surface area contributed by atoms with Crippen LogP contribution in [0.25, 0.3) is 21.5 Å². The Labute approximate surface area is 353 Å². The Morgan fingerprint density at radius 1 is 0.387 bits per heavy atom. The first-order valence-corrected chi connectivity index (χ1v) is 19.1. The highest BCUT2D eigenvalue weighted by Crippen LogP contribution is 2.26. The van der Waals surface area contributed by atoms with Gasteiger partial charge < -0.3 is 34.7 Å². The number of hydrogen-bond acceptors (Lipinski definition) is 10. The zero-order chi connectivity index (χ0) is 43.2. The minimum Gasteiger partial charge on any atom is -0.508 e. The second-order valence-corrected chi connectivity index (χ2v) is 13.9. The zero-order valence-electron chi connectivity index (χ0n) is 32.8. The molecule has 0 bridgehead atoms. The van der Waals surface area contributed by atoms with Gasteiger partial charge in [-0.1, -0.05) is 30.3 Å². The van der Waals surface area contributed by atoms with E-state index in [0.29, 0.717) is 28.3 Å². The van der Waals surface area contributed by atoms with E-state index in [1.807, 2.05) is 24.3 Å². The molecule has 8 rings (SSSR count). The van der Waals surface area contributed by atoms with Gasteiger partial charge in [0.2, 0.25) is 0 Å². The van der Waals surface area contributed by atoms with Crippen LogP contribution < -0.4 is 29.6 Å². The fourth-order valence-corrected chi connectivity index (χ4v) is 6.42. The summed E-state index contributed by atoms with van der Waals surface area (Å²) >= 11 is 0. The lowest BCUT2D eigenvalue weighted by Crippen LogP contribution is -2.14. The summed E-state index contributed by atoms with van der Waals surface area (Å²) in [4.78, 5) is 64.7. The van der Waals surface area contributed by atoms with Gasteiger partial charge in [0, 0.05) is 22.5 Å². The maximum absolute atomic E-state index is 13.1. The molecular formula is C50H34N2O10. The van der Waals surface area contributed by atoms with E-state index < -0.39 is 23.8 Å². The standard InChI is InChI=1S/C50H34N2O10/c1-59-45-20-12-32-26-38(8-6-34(32)29-45)50(58)61-42-18-10-30(11-19-42)48(56)60-43-21-13-39(14-22-43)51-46(54)35-3-2-4-37(27-35)49(57)62-44-23-15-40(16-24-44)52-47(55)36-7-5-33-28-41(53)17-9-31(33)25-36/h2-29,53H,1H3,(H,51,54)(H,52,55). The number of carbonyl (C=O) groups excluding carboxylic acids is 5. The maximum Gasteiger partial charge on any atom is 0.343 e. The minimum atomic E-state index is -0.691. The van der Waals surface area contributed by atoms with Crippen molar-refractivity contribution < 1.29 is 48.0 Å². The number of methoxy groups -OCH3 is 1. The number of aromatic hydroxyl groups is 1. The van der Waals surface area contributed by atoms with Crippen LogP contribution >= 0.6 is 0 Å². The smallest absolute Gasteiger partial charge is 0.343 e. The van der Waals surface area contributed by atoms with E-state index >= 15 is 0 Å². The summed E-state index contributed by atoms with van der Waals surface area (Å²) in [6.45, 7) is 0. The van der Waals surface area contributed by atoms with Crippen LogP contribution in [0.2, 0.25) is 0 Å². The van der Waals surface area contributed by atoms with Crippen molar-refractivity contribution in [2.45, 2.75) is 0 Å². The van der Waals surface area contributed by atoms with Gasteiger partial charge in [-0.05, 0) is 161 Å². The molecule has 62 heavy (non-hydrogen) atoms. The van der Waals surface area contributed by atoms with Crippen molar-refractivity contribution in [2.24, 2.45) is 0 Å². The van der Waals surface area contributed by atoms with Crippen LogP contribution in [-0.4, -0.2) is 41.9 Å². The number of carbonyl (C=O) groups is 5. The maximum atomic E-state index is 13.1. The van der Waals surface area contributed by atoms with E-state index in [9.17, 15) is 29.1 Å². The third-order valence-electron chi connectivity index (χ3n) is 9.68. The first-order chi connectivity index (χ1) is 30.1. The Balaban J connectivity index is 0.812. The highest BCUT2D eigenvalue weighted by molar-refractivity contribution is 6.07. The summed E-state index contributed by atoms with van der Waals surface area (Å²) in [5.74, 6) is -1.14. The SMILES string of the molecule is COc1ccc2cc(C(=O)Oc3ccc(C(=O)Oc4ccc(NC(=O)c5cccc(C(=O)Oc6ccc(NC(=O)c7ccc8cc(O)ccc8c7)cc6)c5)cc4)cc3)ccc2c1. The van der Waals surface area contributed by atoms with E-state index in [1.165, 1.54) is 60.7 Å². The number of anilines is 2. The molecule has 8 aromatic carbocycles. The molecule has 0 aliphatic heterocycles. The van der Waals surface area contributed by atoms with Gasteiger partial charge in [-0.3, -0.25) is 9.59 Å². The molecule has 3 N–H and O–H groups in total. The number of fused-ring (bicyclic) bond motifs is 2. The number of phenols is 1. The van der Waals surface area contributed by atoms with Gasteiger partial charge in [0.1, 0.15) is 28.7 Å². The average Bonchev–Trinajstić information content (AvgIpc) is 3.29. The molecule has 0 saturated carbocycles. The van der Waals surface area contributed by atoms with Crippen LogP contribution in [0.5, 0.6) is 28.7 Å². The Morgan fingerprint density at radius 2 is 0.774 bits per heavy atom. The second-order valence-electron chi connectivity index (χ2n) is 13.9. The van der Waals surface area contributed by atoms with E-state index in [2.05, 4.69) is 10.6 Å². The van der Waals surface area contributed by atoms with Crippen LogP contribution in [0.15, 0.2) is 170 Å². The third-order valence-corrected chi connectivity index (χ3v) is 9.68. The van der Waals surface area contributed by atoms with E-state index in [0.717, 1.165) is 21.5 Å². The summed E-state index contributed by atoms with van der Waals surface area (Å²) in [6.07, 6.45) is 0. The molecule has 0 saturated heterocycles. The normalized spacial score (nSPS) is 10.7. The van der Waals surface area contributed by atoms with Crippen LogP contribution in [-0.2, 0) is 0 Å². The van der Waals surface area contributed by atoms with Crippen molar-refractivity contribution in [2.75, 3.05) is 17.7 Å². The predicted octanol–water partition coefficient (Wildman–Crippen LogP) is 9.87. The van der Waals surface area contributed by atoms with Gasteiger partial charge in [-0.2, -0.15) is 0 Å². The molecule has 0 aromatic heterocycles. The van der Waals surface area contributed by atoms with Crippen molar-refractivity contribution in [1.82, 2.24) is 0 Å². The number of amides is 2. The van der Waals surface area contributed by atoms with Crippen LogP contribution in [0.4, 0.5) is 11.4 Å². The summed E-state index contributed by atoms with van der Waals surface area (Å²) in [5.41, 5.74) is 2.26. The molecule has 12 heteroatoms. The van der Waals surface area contributed by atoms with Crippen LogP contribution in [0.3, 0.4) is 0 Å². The number of esters is 3. The molecule has 0 fully saturated rings. The lowest BCUT2D eigenvalue weighted by molar-refractivity contribution is 0.0723. The summed E-state index contributed by atoms with van der Waals surface area (Å²) in [5, 5.41) is 18.6. The molecule has 0 spiro atoms. The Bertz CT molecular complexity index is 3020. The minimum absolute atomic E-state index is 0.139. The van der Waals surface area contributed by atoms with Crippen molar-refractivity contribution >= 4 is 62.6 Å². The van der Waals surface area contributed by atoms with E-state index in [1.54, 1.807) is 92.0 Å². The molecule has 0 atom stereocenters. The van der Waals surface area contributed by atoms with Gasteiger partial charge in [-0.25, -0.2) is 14.4 Å². The summed E-state index contributed by atoms with van der Waals surface area (Å²) in [7, 11) is 1.59. The molecule has 0 unspecified atom stereocenters. The Morgan fingerprint density at radius 3 is 1.35 bits per heavy atom. The molecule has 8 aromatic rings. The quantitative estimate of drug-likeness (QED) is 0.0844. The molecule has 0 aliphatic carbocycles. The lowest BCUT2D eigenvalue weighted by Gasteiger charge is -2.10. The average molecular weight is 823 g/mol. The molecule has 0 heterocycles. The van der Waals surface area contributed by atoms with E-state index in [4.69, 9.17) is 18.9 Å². The fourth-order valence-electron chi connectivity index (χ4n) is 6.42. The van der Waals surface area contributed by atoms with Crippen molar-refractivity contribution in [3.63, 3.8) is 0 Å². The third kappa shape index (κ3) is 9.41. The number of benzene rings is 8. The molecule has 0 aliphatic rings. The first kappa shape index (κ1) is 40.0. The Kier molecular flexibility index (Phi) is 11.4. The predicted molar refractivity (Wildman–Crippen MR) is 233 cm³/mol. The van der Waals surface area contributed by atoms with Crippen molar-refractivity contribution in [3.8, 4) is 28.7 Å². The monoisotopic (exact) mass is 822 g/mol. The first-order valence-electron chi connectivity index (χ1n) is 19.1. The van der Waals surface area contributed by atoms with Gasteiger partial charge in [0.05, 0.1) is 23.8 Å². The van der Waals surface area contributed by atoms with Gasteiger partial charge in [-0.15, -0.1) is 0 Å². The second kappa shape index (κ2) is 17.6. The van der Waals surface area contributed by atoms with Crippen LogP contribution in [0, 0.1) is 0 Å². The van der Waals surface area contributed by atoms with Gasteiger partial charge in [0.25, 0.3) is 11.8 Å². The summed E-state index contributed by atoms with van der Waals surface area (Å²) in [6, 6.07) is 45.2. The molecule has 304 valence electrons. The number of ether oxygens (including phenoxy) is 4. The van der Waals surface area contributed by atoms with Crippen molar-refractivity contribution in [1.29, 1.82) is 0 Å². The van der Waals surface area contributed by atoms with Gasteiger partial charge in [0.15, 0.2) is 0 Å². The number of phenolic OH excluding ortho intramolecular Hbond substituents is 1. The molecular weight excluding hydrogens is 789 g/mol.